The van der Waals surface area contributed by atoms with Crippen molar-refractivity contribution in [2.24, 2.45) is 0 Å². The summed E-state index contributed by atoms with van der Waals surface area (Å²) in [5.41, 5.74) is 3.85. The van der Waals surface area contributed by atoms with Crippen molar-refractivity contribution in [2.75, 3.05) is 13.1 Å². The molecule has 2 aromatic rings. The minimum Gasteiger partial charge on any atom is -0.335 e. The van der Waals surface area contributed by atoms with Crippen LogP contribution in [0.5, 0.6) is 0 Å². The largest absolute Gasteiger partial charge is 0.335 e. The molecule has 0 spiro atoms. The lowest BCUT2D eigenvalue weighted by atomic mass is 10.1. The summed E-state index contributed by atoms with van der Waals surface area (Å²) in [7, 11) is 0. The van der Waals surface area contributed by atoms with Gasteiger partial charge < -0.3 is 4.90 Å². The highest BCUT2D eigenvalue weighted by Gasteiger charge is 2.21. The lowest BCUT2D eigenvalue weighted by Crippen LogP contribution is -2.32. The van der Waals surface area contributed by atoms with E-state index in [0.717, 1.165) is 17.7 Å². The average Bonchev–Trinajstić information content (AvgIpc) is 2.95. The minimum atomic E-state index is 0.0339. The molecule has 1 aromatic heterocycles. The summed E-state index contributed by atoms with van der Waals surface area (Å²) in [4.78, 5) is 14.6. The second kappa shape index (κ2) is 7.77. The van der Waals surface area contributed by atoms with Gasteiger partial charge in [0.15, 0.2) is 0 Å². The number of nitrogens with zero attached hydrogens (tertiary/aromatic N) is 3. The fourth-order valence-electron chi connectivity index (χ4n) is 2.68. The van der Waals surface area contributed by atoms with Crippen LogP contribution in [-0.4, -0.2) is 33.7 Å². The molecular weight excluding hydrogens is 286 g/mol. The molecule has 1 heterocycles. The summed E-state index contributed by atoms with van der Waals surface area (Å²) in [6.45, 7) is 11.8. The van der Waals surface area contributed by atoms with E-state index in [-0.39, 0.29) is 5.91 Å². The van der Waals surface area contributed by atoms with Crippen molar-refractivity contribution in [2.45, 2.75) is 33.7 Å². The van der Waals surface area contributed by atoms with Crippen LogP contribution in [0.3, 0.4) is 0 Å². The molecule has 2 rings (SSSR count). The standard InChI is InChI=1S/C19H25N3O/c1-5-18-17(19(23)21(6-2)13-15(3)4)12-20-22(18)14-16-10-8-7-9-11-16/h7-12H,3,5-6,13-14H2,1-2,4H3. The first-order valence-electron chi connectivity index (χ1n) is 8.09. The number of aromatic nitrogens is 2. The van der Waals surface area contributed by atoms with Crippen molar-refractivity contribution in [1.82, 2.24) is 14.7 Å². The highest BCUT2D eigenvalue weighted by Crippen LogP contribution is 2.15. The van der Waals surface area contributed by atoms with E-state index in [1.165, 1.54) is 5.56 Å². The molecule has 0 aliphatic heterocycles. The summed E-state index contributed by atoms with van der Waals surface area (Å²) < 4.78 is 1.93. The number of carbonyl (C=O) groups is 1. The van der Waals surface area contributed by atoms with Gasteiger partial charge in [-0.1, -0.05) is 49.4 Å². The number of amides is 1. The molecule has 0 radical (unpaired) electrons. The SMILES string of the molecule is C=C(C)CN(CC)C(=O)c1cnn(Cc2ccccc2)c1CC. The topological polar surface area (TPSA) is 38.1 Å². The Balaban J connectivity index is 2.26. The van der Waals surface area contributed by atoms with Gasteiger partial charge in [0.1, 0.15) is 0 Å². The number of benzene rings is 1. The molecule has 1 amide bonds. The van der Waals surface area contributed by atoms with E-state index >= 15 is 0 Å². The van der Waals surface area contributed by atoms with Crippen molar-refractivity contribution < 1.29 is 4.79 Å². The second-order valence-electron chi connectivity index (χ2n) is 5.78. The van der Waals surface area contributed by atoms with Gasteiger partial charge in [-0.25, -0.2) is 0 Å². The molecule has 0 aliphatic rings. The normalized spacial score (nSPS) is 10.6. The maximum atomic E-state index is 12.8. The summed E-state index contributed by atoms with van der Waals surface area (Å²) in [5.74, 6) is 0.0339. The molecule has 0 fully saturated rings. The van der Waals surface area contributed by atoms with Crippen LogP contribution < -0.4 is 0 Å². The van der Waals surface area contributed by atoms with Crippen LogP contribution >= 0.6 is 0 Å². The van der Waals surface area contributed by atoms with E-state index in [9.17, 15) is 4.79 Å². The zero-order chi connectivity index (χ0) is 16.8. The Bertz CT molecular complexity index is 673. The lowest BCUT2D eigenvalue weighted by molar-refractivity contribution is 0.0777. The van der Waals surface area contributed by atoms with Crippen LogP contribution in [0.15, 0.2) is 48.7 Å². The van der Waals surface area contributed by atoms with Gasteiger partial charge in [0.05, 0.1) is 24.0 Å². The van der Waals surface area contributed by atoms with Crippen LogP contribution in [-0.2, 0) is 13.0 Å². The van der Waals surface area contributed by atoms with Crippen molar-refractivity contribution >= 4 is 5.91 Å². The van der Waals surface area contributed by atoms with Gasteiger partial charge in [-0.2, -0.15) is 5.10 Å². The van der Waals surface area contributed by atoms with Gasteiger partial charge >= 0.3 is 0 Å². The molecule has 0 bridgehead atoms. The maximum Gasteiger partial charge on any atom is 0.257 e. The first-order valence-corrected chi connectivity index (χ1v) is 8.09. The van der Waals surface area contributed by atoms with E-state index < -0.39 is 0 Å². The van der Waals surface area contributed by atoms with Gasteiger partial charge in [-0.15, -0.1) is 0 Å². The summed E-state index contributed by atoms with van der Waals surface area (Å²) in [6.07, 6.45) is 2.48. The van der Waals surface area contributed by atoms with Crippen molar-refractivity contribution in [3.8, 4) is 0 Å². The smallest absolute Gasteiger partial charge is 0.257 e. The van der Waals surface area contributed by atoms with Crippen LogP contribution in [0.4, 0.5) is 0 Å². The van der Waals surface area contributed by atoms with Gasteiger partial charge in [0, 0.05) is 13.1 Å². The average molecular weight is 311 g/mol. The van der Waals surface area contributed by atoms with Crippen LogP contribution in [0.25, 0.3) is 0 Å². The Morgan fingerprint density at radius 2 is 1.96 bits per heavy atom. The Morgan fingerprint density at radius 1 is 1.26 bits per heavy atom. The third kappa shape index (κ3) is 4.09. The predicted octanol–water partition coefficient (Wildman–Crippen LogP) is 3.53. The van der Waals surface area contributed by atoms with Gasteiger partial charge in [0.25, 0.3) is 5.91 Å². The summed E-state index contributed by atoms with van der Waals surface area (Å²) in [5, 5.41) is 4.45. The Morgan fingerprint density at radius 3 is 2.52 bits per heavy atom. The van der Waals surface area contributed by atoms with Crippen LogP contribution in [0, 0.1) is 0 Å². The summed E-state index contributed by atoms with van der Waals surface area (Å²) >= 11 is 0. The Hall–Kier alpha value is -2.36. The maximum absolute atomic E-state index is 12.8. The fraction of sp³-hybridized carbons (Fsp3) is 0.368. The molecule has 0 atom stereocenters. The zero-order valence-electron chi connectivity index (χ0n) is 14.2. The van der Waals surface area contributed by atoms with E-state index in [0.29, 0.717) is 25.2 Å². The Kier molecular flexibility index (Phi) is 5.74. The third-order valence-corrected chi connectivity index (χ3v) is 3.82. The van der Waals surface area contributed by atoms with Gasteiger partial charge in [-0.3, -0.25) is 9.48 Å². The molecule has 0 N–H and O–H groups in total. The predicted molar refractivity (Wildman–Crippen MR) is 93.5 cm³/mol. The first-order chi connectivity index (χ1) is 11.1. The lowest BCUT2D eigenvalue weighted by Gasteiger charge is -2.21. The number of carbonyl (C=O) groups excluding carboxylic acids is 1. The zero-order valence-corrected chi connectivity index (χ0v) is 14.2. The molecule has 0 unspecified atom stereocenters. The highest BCUT2D eigenvalue weighted by molar-refractivity contribution is 5.95. The number of hydrogen-bond donors (Lipinski definition) is 0. The fourth-order valence-corrected chi connectivity index (χ4v) is 2.68. The molecule has 0 saturated carbocycles. The van der Waals surface area contributed by atoms with Crippen LogP contribution in [0.2, 0.25) is 0 Å². The van der Waals surface area contributed by atoms with Gasteiger partial charge in [-0.05, 0) is 25.8 Å². The van der Waals surface area contributed by atoms with E-state index in [4.69, 9.17) is 0 Å². The molecular formula is C19H25N3O. The molecule has 0 aliphatic carbocycles. The van der Waals surface area contributed by atoms with E-state index in [2.05, 4.69) is 30.7 Å². The molecule has 4 nitrogen and oxygen atoms in total. The number of hydrogen-bond acceptors (Lipinski definition) is 2. The van der Waals surface area contributed by atoms with Gasteiger partial charge in [0.2, 0.25) is 0 Å². The highest BCUT2D eigenvalue weighted by atomic mass is 16.2. The molecule has 122 valence electrons. The molecule has 4 heteroatoms. The second-order valence-corrected chi connectivity index (χ2v) is 5.78. The third-order valence-electron chi connectivity index (χ3n) is 3.82. The number of likely N-dealkylation sites (N-methyl/N-ethyl adjacent to an activating group) is 1. The quantitative estimate of drug-likeness (QED) is 0.734. The summed E-state index contributed by atoms with van der Waals surface area (Å²) in [6, 6.07) is 10.2. The monoisotopic (exact) mass is 311 g/mol. The number of rotatable bonds is 7. The Labute approximate surface area is 138 Å². The van der Waals surface area contributed by atoms with Crippen molar-refractivity contribution in [1.29, 1.82) is 0 Å². The van der Waals surface area contributed by atoms with Crippen molar-refractivity contribution in [3.05, 3.63) is 65.5 Å². The molecule has 1 aromatic carbocycles. The molecule has 0 saturated heterocycles. The first kappa shape index (κ1) is 17.0. The van der Waals surface area contributed by atoms with E-state index in [1.54, 1.807) is 6.20 Å². The minimum absolute atomic E-state index is 0.0339. The van der Waals surface area contributed by atoms with Crippen LogP contribution in [0.1, 0.15) is 42.4 Å². The van der Waals surface area contributed by atoms with E-state index in [1.807, 2.05) is 41.6 Å². The van der Waals surface area contributed by atoms with Crippen molar-refractivity contribution in [3.63, 3.8) is 0 Å². The molecule has 23 heavy (non-hydrogen) atoms.